The molecule has 0 radical (unpaired) electrons. The van der Waals surface area contributed by atoms with Gasteiger partial charge in [0.05, 0.1) is 0 Å². The van der Waals surface area contributed by atoms with E-state index >= 15 is 0 Å². The molecule has 0 saturated carbocycles. The second-order valence-electron chi connectivity index (χ2n) is 4.35. The molecule has 0 spiro atoms. The van der Waals surface area contributed by atoms with Crippen LogP contribution in [-0.2, 0) is 11.3 Å². The average molecular weight is 234 g/mol. The summed E-state index contributed by atoms with van der Waals surface area (Å²) >= 11 is 0. The third kappa shape index (κ3) is 3.28. The Bertz CT molecular complexity index is 367. The zero-order valence-electron chi connectivity index (χ0n) is 9.80. The van der Waals surface area contributed by atoms with Crippen LogP contribution in [0.2, 0.25) is 0 Å². The fourth-order valence-corrected chi connectivity index (χ4v) is 2.11. The third-order valence-electron chi connectivity index (χ3n) is 3.11. The number of nitrogens with one attached hydrogen (secondary N) is 1. The largest absolute Gasteiger partial charge is 0.387 e. The van der Waals surface area contributed by atoms with Crippen molar-refractivity contribution in [2.75, 3.05) is 19.7 Å². The number of rotatable bonds is 4. The molecule has 1 aromatic rings. The Morgan fingerprint density at radius 1 is 1.41 bits per heavy atom. The van der Waals surface area contributed by atoms with E-state index in [1.54, 1.807) is 4.90 Å². The second-order valence-corrected chi connectivity index (χ2v) is 4.35. The van der Waals surface area contributed by atoms with E-state index in [1.165, 1.54) is 5.56 Å². The predicted molar refractivity (Wildman–Crippen MR) is 65.4 cm³/mol. The van der Waals surface area contributed by atoms with E-state index in [0.717, 1.165) is 19.5 Å². The summed E-state index contributed by atoms with van der Waals surface area (Å²) in [7, 11) is 0. The van der Waals surface area contributed by atoms with Gasteiger partial charge in [-0.05, 0) is 12.0 Å². The van der Waals surface area contributed by atoms with Gasteiger partial charge in [0.25, 0.3) is 0 Å². The van der Waals surface area contributed by atoms with Gasteiger partial charge in [0.15, 0.2) is 0 Å². The maximum Gasteiger partial charge on any atom is 0.248 e. The zero-order valence-corrected chi connectivity index (χ0v) is 9.80. The summed E-state index contributed by atoms with van der Waals surface area (Å²) in [5.74, 6) is -0.172. The zero-order chi connectivity index (χ0) is 12.1. The predicted octanol–water partition coefficient (Wildman–Crippen LogP) is 0.369. The van der Waals surface area contributed by atoms with Crippen LogP contribution in [0.4, 0.5) is 0 Å². The van der Waals surface area contributed by atoms with Crippen LogP contribution in [0.25, 0.3) is 0 Å². The summed E-state index contributed by atoms with van der Waals surface area (Å²) in [6.07, 6.45) is 0.957. The van der Waals surface area contributed by atoms with E-state index in [0.29, 0.717) is 12.6 Å². The first-order chi connectivity index (χ1) is 8.29. The number of likely N-dealkylation sites (tertiary alicyclic amines) is 1. The molecule has 1 amide bonds. The van der Waals surface area contributed by atoms with Gasteiger partial charge in [-0.3, -0.25) is 4.79 Å². The molecule has 0 aromatic heterocycles. The van der Waals surface area contributed by atoms with E-state index in [1.807, 2.05) is 18.2 Å². The van der Waals surface area contributed by atoms with Crippen molar-refractivity contribution >= 4 is 5.91 Å². The number of carbonyl (C=O) groups excluding carboxylic acids is 1. The van der Waals surface area contributed by atoms with Crippen LogP contribution in [0.1, 0.15) is 12.0 Å². The number of hydrogen-bond acceptors (Lipinski definition) is 3. The molecule has 0 bridgehead atoms. The molecule has 1 unspecified atom stereocenters. The molecule has 1 atom stereocenters. The lowest BCUT2D eigenvalue weighted by Crippen LogP contribution is -2.36. The van der Waals surface area contributed by atoms with Crippen LogP contribution in [0.5, 0.6) is 0 Å². The number of benzene rings is 1. The van der Waals surface area contributed by atoms with E-state index in [4.69, 9.17) is 5.11 Å². The van der Waals surface area contributed by atoms with Crippen molar-refractivity contribution in [3.63, 3.8) is 0 Å². The maximum absolute atomic E-state index is 11.3. The molecule has 1 aromatic carbocycles. The van der Waals surface area contributed by atoms with Crippen LogP contribution in [0.3, 0.4) is 0 Å². The summed E-state index contributed by atoms with van der Waals surface area (Å²) in [6.45, 7) is 1.89. The second kappa shape index (κ2) is 5.80. The Balaban J connectivity index is 1.77. The first kappa shape index (κ1) is 12.1. The van der Waals surface area contributed by atoms with Crippen molar-refractivity contribution in [3.05, 3.63) is 35.9 Å². The Morgan fingerprint density at radius 2 is 2.18 bits per heavy atom. The Labute approximate surface area is 101 Å². The number of aliphatic hydroxyl groups excluding tert-OH is 1. The van der Waals surface area contributed by atoms with Gasteiger partial charge in [-0.15, -0.1) is 0 Å². The molecule has 2 rings (SSSR count). The molecular formula is C13H18N2O2. The number of aliphatic hydroxyl groups is 1. The molecule has 92 valence electrons. The van der Waals surface area contributed by atoms with Crippen LogP contribution < -0.4 is 5.32 Å². The van der Waals surface area contributed by atoms with Crippen molar-refractivity contribution in [3.8, 4) is 0 Å². The minimum Gasteiger partial charge on any atom is -0.387 e. The first-order valence-corrected chi connectivity index (χ1v) is 5.95. The van der Waals surface area contributed by atoms with Crippen molar-refractivity contribution in [2.24, 2.45) is 0 Å². The average Bonchev–Trinajstić information content (AvgIpc) is 2.85. The number of carbonyl (C=O) groups is 1. The summed E-state index contributed by atoms with van der Waals surface area (Å²) in [4.78, 5) is 13.0. The molecule has 1 fully saturated rings. The summed E-state index contributed by atoms with van der Waals surface area (Å²) in [5.41, 5.74) is 1.25. The fraction of sp³-hybridized carbons (Fsp3) is 0.462. The molecule has 1 aliphatic rings. The van der Waals surface area contributed by atoms with Gasteiger partial charge >= 0.3 is 0 Å². The maximum atomic E-state index is 11.3. The van der Waals surface area contributed by atoms with Gasteiger partial charge in [0.1, 0.15) is 6.61 Å². The van der Waals surface area contributed by atoms with Crippen molar-refractivity contribution in [1.29, 1.82) is 0 Å². The van der Waals surface area contributed by atoms with E-state index in [2.05, 4.69) is 17.4 Å². The molecule has 4 heteroatoms. The Morgan fingerprint density at radius 3 is 2.88 bits per heavy atom. The lowest BCUT2D eigenvalue weighted by molar-refractivity contribution is -0.133. The normalized spacial score (nSPS) is 19.6. The summed E-state index contributed by atoms with van der Waals surface area (Å²) < 4.78 is 0. The standard InChI is InChI=1S/C13H18N2O2/c16-10-13(17)15-7-6-12(9-15)14-8-11-4-2-1-3-5-11/h1-5,12,14,16H,6-10H2. The number of amides is 1. The quantitative estimate of drug-likeness (QED) is 0.791. The molecule has 17 heavy (non-hydrogen) atoms. The van der Waals surface area contributed by atoms with Gasteiger partial charge in [-0.25, -0.2) is 0 Å². The van der Waals surface area contributed by atoms with Crippen molar-refractivity contribution in [2.45, 2.75) is 19.0 Å². The fourth-order valence-electron chi connectivity index (χ4n) is 2.11. The third-order valence-corrected chi connectivity index (χ3v) is 3.11. The first-order valence-electron chi connectivity index (χ1n) is 5.95. The van der Waals surface area contributed by atoms with Crippen LogP contribution in [-0.4, -0.2) is 41.7 Å². The van der Waals surface area contributed by atoms with E-state index in [-0.39, 0.29) is 12.5 Å². The number of hydrogen-bond donors (Lipinski definition) is 2. The highest BCUT2D eigenvalue weighted by Crippen LogP contribution is 2.10. The van der Waals surface area contributed by atoms with Crippen LogP contribution >= 0.6 is 0 Å². The highest BCUT2D eigenvalue weighted by molar-refractivity contribution is 5.77. The molecule has 2 N–H and O–H groups in total. The number of nitrogens with zero attached hydrogens (tertiary/aromatic N) is 1. The monoisotopic (exact) mass is 234 g/mol. The Hall–Kier alpha value is -1.39. The summed E-state index contributed by atoms with van der Waals surface area (Å²) in [5, 5.41) is 12.2. The topological polar surface area (TPSA) is 52.6 Å². The molecular weight excluding hydrogens is 216 g/mol. The van der Waals surface area contributed by atoms with Crippen molar-refractivity contribution in [1.82, 2.24) is 10.2 Å². The Kier molecular flexibility index (Phi) is 4.12. The van der Waals surface area contributed by atoms with Gasteiger partial charge < -0.3 is 15.3 Å². The lowest BCUT2D eigenvalue weighted by Gasteiger charge is -2.15. The smallest absolute Gasteiger partial charge is 0.248 e. The SMILES string of the molecule is O=C(CO)N1CCC(NCc2ccccc2)C1. The molecule has 0 aliphatic carbocycles. The lowest BCUT2D eigenvalue weighted by atomic mass is 10.2. The molecule has 1 saturated heterocycles. The van der Waals surface area contributed by atoms with E-state index < -0.39 is 0 Å². The molecule has 1 heterocycles. The molecule has 1 aliphatic heterocycles. The van der Waals surface area contributed by atoms with Crippen LogP contribution in [0, 0.1) is 0 Å². The van der Waals surface area contributed by atoms with Crippen molar-refractivity contribution < 1.29 is 9.90 Å². The summed E-state index contributed by atoms with van der Waals surface area (Å²) in [6, 6.07) is 10.5. The van der Waals surface area contributed by atoms with E-state index in [9.17, 15) is 4.79 Å². The van der Waals surface area contributed by atoms with Crippen LogP contribution in [0.15, 0.2) is 30.3 Å². The minimum atomic E-state index is -0.384. The van der Waals surface area contributed by atoms with Gasteiger partial charge in [-0.1, -0.05) is 30.3 Å². The van der Waals surface area contributed by atoms with Gasteiger partial charge in [0.2, 0.25) is 5.91 Å². The minimum absolute atomic E-state index is 0.172. The molecule has 4 nitrogen and oxygen atoms in total. The van der Waals surface area contributed by atoms with Gasteiger partial charge in [0, 0.05) is 25.7 Å². The highest BCUT2D eigenvalue weighted by Gasteiger charge is 2.24. The van der Waals surface area contributed by atoms with Gasteiger partial charge in [-0.2, -0.15) is 0 Å². The highest BCUT2D eigenvalue weighted by atomic mass is 16.3.